The van der Waals surface area contributed by atoms with Gasteiger partial charge in [-0.15, -0.1) is 0 Å². The number of hydrogen-bond donors (Lipinski definition) is 1. The maximum atomic E-state index is 12.6. The highest BCUT2D eigenvalue weighted by atomic mass is 32.2. The van der Waals surface area contributed by atoms with Gasteiger partial charge >= 0.3 is 0 Å². The zero-order chi connectivity index (χ0) is 19.0. The summed E-state index contributed by atoms with van der Waals surface area (Å²) in [5.74, 6) is 0. The van der Waals surface area contributed by atoms with Crippen molar-refractivity contribution in [2.45, 2.75) is 18.7 Å². The number of aromatic nitrogens is 2. The monoisotopic (exact) mass is 395 g/mol. The summed E-state index contributed by atoms with van der Waals surface area (Å²) in [5.41, 5.74) is 4.12. The van der Waals surface area contributed by atoms with Crippen molar-refractivity contribution in [3.8, 4) is 10.6 Å². The third-order valence-corrected chi connectivity index (χ3v) is 6.44. The predicted molar refractivity (Wildman–Crippen MR) is 110 cm³/mol. The maximum absolute atomic E-state index is 12.6. The fourth-order valence-electron chi connectivity index (χ4n) is 2.88. The van der Waals surface area contributed by atoms with E-state index in [9.17, 15) is 8.42 Å². The van der Waals surface area contributed by atoms with Gasteiger partial charge in [-0.2, -0.15) is 0 Å². The zero-order valence-corrected chi connectivity index (χ0v) is 16.4. The van der Waals surface area contributed by atoms with Gasteiger partial charge in [0.2, 0.25) is 0 Å². The van der Waals surface area contributed by atoms with Crippen LogP contribution in [0.4, 0.5) is 5.69 Å². The standard InChI is InChI=1S/C20H17N3O2S2/c1-13-10-14(2)12-17(11-13)27(24,25)23-16-7-5-15(6-8-16)19-22-18-4-3-9-21-20(18)26-19/h3-12,23H,1-2H3. The van der Waals surface area contributed by atoms with Crippen LogP contribution in [-0.2, 0) is 10.0 Å². The van der Waals surface area contributed by atoms with E-state index in [1.807, 2.05) is 44.2 Å². The van der Waals surface area contributed by atoms with E-state index >= 15 is 0 Å². The fraction of sp³-hybridized carbons (Fsp3) is 0.100. The smallest absolute Gasteiger partial charge is 0.261 e. The third-order valence-electron chi connectivity index (χ3n) is 4.06. The Hall–Kier alpha value is -2.77. The van der Waals surface area contributed by atoms with Crippen molar-refractivity contribution in [2.75, 3.05) is 4.72 Å². The quantitative estimate of drug-likeness (QED) is 0.540. The Balaban J connectivity index is 1.60. The molecule has 27 heavy (non-hydrogen) atoms. The summed E-state index contributed by atoms with van der Waals surface area (Å²) < 4.78 is 27.9. The van der Waals surface area contributed by atoms with E-state index < -0.39 is 10.0 Å². The largest absolute Gasteiger partial charge is 0.280 e. The van der Waals surface area contributed by atoms with E-state index in [-0.39, 0.29) is 4.90 Å². The Labute approximate surface area is 161 Å². The Morgan fingerprint density at radius 1 is 0.963 bits per heavy atom. The lowest BCUT2D eigenvalue weighted by atomic mass is 10.2. The number of nitrogens with zero attached hydrogens (tertiary/aromatic N) is 2. The molecule has 7 heteroatoms. The lowest BCUT2D eigenvalue weighted by molar-refractivity contribution is 0.601. The highest BCUT2D eigenvalue weighted by molar-refractivity contribution is 7.92. The van der Waals surface area contributed by atoms with Gasteiger partial charge in [-0.05, 0) is 73.5 Å². The average molecular weight is 396 g/mol. The van der Waals surface area contributed by atoms with Gasteiger partial charge in [0.05, 0.1) is 4.90 Å². The summed E-state index contributed by atoms with van der Waals surface area (Å²) in [6.45, 7) is 3.77. The molecule has 4 aromatic rings. The molecule has 0 bridgehead atoms. The molecule has 0 fully saturated rings. The van der Waals surface area contributed by atoms with Crippen LogP contribution in [-0.4, -0.2) is 18.4 Å². The van der Waals surface area contributed by atoms with Gasteiger partial charge in [0.25, 0.3) is 10.0 Å². The molecule has 0 aliphatic heterocycles. The van der Waals surface area contributed by atoms with Crippen LogP contribution in [0.2, 0.25) is 0 Å². The summed E-state index contributed by atoms with van der Waals surface area (Å²) >= 11 is 1.51. The van der Waals surface area contributed by atoms with Crippen LogP contribution in [0.15, 0.2) is 65.7 Å². The van der Waals surface area contributed by atoms with Gasteiger partial charge < -0.3 is 0 Å². The first-order chi connectivity index (χ1) is 12.9. The van der Waals surface area contributed by atoms with E-state index in [2.05, 4.69) is 14.7 Å². The lowest BCUT2D eigenvalue weighted by Gasteiger charge is -2.10. The summed E-state index contributed by atoms with van der Waals surface area (Å²) in [5, 5.41) is 0.854. The van der Waals surface area contributed by atoms with E-state index in [1.165, 1.54) is 11.3 Å². The molecule has 0 radical (unpaired) electrons. The Kier molecular flexibility index (Phi) is 4.41. The van der Waals surface area contributed by atoms with Crippen LogP contribution in [0.1, 0.15) is 11.1 Å². The normalized spacial score (nSPS) is 11.6. The summed E-state index contributed by atoms with van der Waals surface area (Å²) in [7, 11) is -3.63. The molecular formula is C20H17N3O2S2. The van der Waals surface area contributed by atoms with Crippen LogP contribution < -0.4 is 4.72 Å². The van der Waals surface area contributed by atoms with Crippen LogP contribution in [0.5, 0.6) is 0 Å². The van der Waals surface area contributed by atoms with E-state index in [4.69, 9.17) is 0 Å². The van der Waals surface area contributed by atoms with Crippen LogP contribution in [0.3, 0.4) is 0 Å². The summed E-state index contributed by atoms with van der Waals surface area (Å²) in [6.07, 6.45) is 1.75. The maximum Gasteiger partial charge on any atom is 0.261 e. The first-order valence-electron chi connectivity index (χ1n) is 8.34. The number of hydrogen-bond acceptors (Lipinski definition) is 5. The van der Waals surface area contributed by atoms with Gasteiger partial charge in [0, 0.05) is 17.4 Å². The van der Waals surface area contributed by atoms with E-state index in [0.717, 1.165) is 32.0 Å². The molecule has 2 aromatic heterocycles. The van der Waals surface area contributed by atoms with Gasteiger partial charge in [-0.1, -0.05) is 17.4 Å². The minimum Gasteiger partial charge on any atom is -0.280 e. The van der Waals surface area contributed by atoms with Crippen molar-refractivity contribution >= 4 is 37.4 Å². The molecule has 0 atom stereocenters. The molecule has 136 valence electrons. The number of fused-ring (bicyclic) bond motifs is 1. The average Bonchev–Trinajstić information content (AvgIpc) is 3.05. The number of benzene rings is 2. The number of rotatable bonds is 4. The van der Waals surface area contributed by atoms with Crippen molar-refractivity contribution in [2.24, 2.45) is 0 Å². The third kappa shape index (κ3) is 3.70. The van der Waals surface area contributed by atoms with Crippen molar-refractivity contribution in [3.05, 3.63) is 71.9 Å². The number of sulfonamides is 1. The van der Waals surface area contributed by atoms with Crippen molar-refractivity contribution in [1.29, 1.82) is 0 Å². The Bertz CT molecular complexity index is 1180. The molecule has 0 spiro atoms. The van der Waals surface area contributed by atoms with Crippen LogP contribution in [0.25, 0.3) is 20.9 Å². The Morgan fingerprint density at radius 2 is 1.67 bits per heavy atom. The Morgan fingerprint density at radius 3 is 2.33 bits per heavy atom. The topological polar surface area (TPSA) is 72.0 Å². The molecule has 0 amide bonds. The van der Waals surface area contributed by atoms with Gasteiger partial charge in [-0.3, -0.25) is 4.72 Å². The second kappa shape index (κ2) is 6.75. The molecule has 0 aliphatic rings. The SMILES string of the molecule is Cc1cc(C)cc(S(=O)(=O)Nc2ccc(-c3nc4cccnc4s3)cc2)c1. The predicted octanol–water partition coefficient (Wildman–Crippen LogP) is 4.78. The molecule has 0 unspecified atom stereocenters. The van der Waals surface area contributed by atoms with Crippen LogP contribution in [0, 0.1) is 13.8 Å². The van der Waals surface area contributed by atoms with Gasteiger partial charge in [0.1, 0.15) is 15.4 Å². The highest BCUT2D eigenvalue weighted by Gasteiger charge is 2.15. The number of anilines is 1. The number of thiazole rings is 1. The molecule has 1 N–H and O–H groups in total. The highest BCUT2D eigenvalue weighted by Crippen LogP contribution is 2.29. The molecule has 0 aliphatic carbocycles. The lowest BCUT2D eigenvalue weighted by Crippen LogP contribution is -2.13. The fourth-order valence-corrected chi connectivity index (χ4v) is 5.04. The zero-order valence-electron chi connectivity index (χ0n) is 14.8. The number of nitrogens with one attached hydrogen (secondary N) is 1. The first-order valence-corrected chi connectivity index (χ1v) is 10.6. The molecule has 0 saturated carbocycles. The second-order valence-electron chi connectivity index (χ2n) is 6.35. The summed E-state index contributed by atoms with van der Waals surface area (Å²) in [6, 6.07) is 16.3. The molecule has 4 rings (SSSR count). The minimum atomic E-state index is -3.63. The van der Waals surface area contributed by atoms with Crippen molar-refractivity contribution < 1.29 is 8.42 Å². The summed E-state index contributed by atoms with van der Waals surface area (Å²) in [4.78, 5) is 10.0. The van der Waals surface area contributed by atoms with Gasteiger partial charge in [-0.25, -0.2) is 18.4 Å². The second-order valence-corrected chi connectivity index (χ2v) is 9.01. The first kappa shape index (κ1) is 17.6. The van der Waals surface area contributed by atoms with Crippen molar-refractivity contribution in [1.82, 2.24) is 9.97 Å². The van der Waals surface area contributed by atoms with E-state index in [1.54, 1.807) is 30.5 Å². The molecule has 2 heterocycles. The molecule has 2 aromatic carbocycles. The number of aryl methyl sites for hydroxylation is 2. The van der Waals surface area contributed by atoms with E-state index in [0.29, 0.717) is 5.69 Å². The van der Waals surface area contributed by atoms with Crippen LogP contribution >= 0.6 is 11.3 Å². The molecular weight excluding hydrogens is 378 g/mol. The molecule has 0 saturated heterocycles. The van der Waals surface area contributed by atoms with Gasteiger partial charge in [0.15, 0.2) is 0 Å². The van der Waals surface area contributed by atoms with Crippen molar-refractivity contribution in [3.63, 3.8) is 0 Å². The minimum absolute atomic E-state index is 0.265. The number of pyridine rings is 1. The molecule has 5 nitrogen and oxygen atoms in total.